The van der Waals surface area contributed by atoms with Gasteiger partial charge in [0.25, 0.3) is 0 Å². The lowest BCUT2D eigenvalue weighted by Gasteiger charge is -2.26. The number of nitrogen functional groups attached to an aromatic ring is 1. The van der Waals surface area contributed by atoms with Gasteiger partial charge in [0.2, 0.25) is 0 Å². The van der Waals surface area contributed by atoms with Crippen molar-refractivity contribution in [3.05, 3.63) is 47.4 Å². The van der Waals surface area contributed by atoms with Gasteiger partial charge in [-0.15, -0.1) is 0 Å². The van der Waals surface area contributed by atoms with E-state index in [1.165, 1.54) is 6.07 Å². The highest BCUT2D eigenvalue weighted by Crippen LogP contribution is 2.25. The minimum Gasteiger partial charge on any atom is -0.383 e. The second-order valence-corrected chi connectivity index (χ2v) is 7.24. The van der Waals surface area contributed by atoms with Crippen LogP contribution in [0, 0.1) is 5.82 Å². The number of aromatic nitrogens is 1. The molecule has 2 aromatic rings. The predicted octanol–water partition coefficient (Wildman–Crippen LogP) is 2.44. The number of halogens is 1. The molecule has 3 rings (SSSR count). The van der Waals surface area contributed by atoms with Crippen LogP contribution in [0.5, 0.6) is 0 Å². The fourth-order valence-corrected chi connectivity index (χ4v) is 3.11. The van der Waals surface area contributed by atoms with Crippen molar-refractivity contribution in [2.24, 2.45) is 15.9 Å². The van der Waals surface area contributed by atoms with Crippen LogP contribution in [0.25, 0.3) is 11.1 Å². The van der Waals surface area contributed by atoms with Crippen LogP contribution in [0.15, 0.2) is 40.6 Å². The molecule has 2 heterocycles. The first-order chi connectivity index (χ1) is 14.0. The third-order valence-corrected chi connectivity index (χ3v) is 4.71. The lowest BCUT2D eigenvalue weighted by Crippen LogP contribution is -2.35. The quantitative estimate of drug-likeness (QED) is 0.442. The van der Waals surface area contributed by atoms with Crippen LogP contribution in [0.4, 0.5) is 10.2 Å². The van der Waals surface area contributed by atoms with Crippen LogP contribution >= 0.6 is 0 Å². The van der Waals surface area contributed by atoms with Crippen molar-refractivity contribution in [2.45, 2.75) is 26.4 Å². The topological polar surface area (TPSA) is 102 Å². The van der Waals surface area contributed by atoms with Gasteiger partial charge in [-0.05, 0) is 37.6 Å². The molecule has 7 nitrogen and oxygen atoms in total. The number of morpholine rings is 1. The highest BCUT2D eigenvalue weighted by atomic mass is 19.1. The molecule has 1 aliphatic heterocycles. The smallest absolute Gasteiger partial charge is 0.132 e. The first kappa shape index (κ1) is 20.9. The van der Waals surface area contributed by atoms with Crippen molar-refractivity contribution in [3.63, 3.8) is 0 Å². The Hall–Kier alpha value is -2.84. The van der Waals surface area contributed by atoms with Crippen LogP contribution in [-0.2, 0) is 11.3 Å². The summed E-state index contributed by atoms with van der Waals surface area (Å²) in [6.07, 6.45) is 3.26. The van der Waals surface area contributed by atoms with E-state index in [1.54, 1.807) is 18.5 Å². The zero-order valence-corrected chi connectivity index (χ0v) is 16.8. The van der Waals surface area contributed by atoms with Crippen LogP contribution < -0.4 is 11.6 Å². The molecule has 0 atom stereocenters. The molecule has 1 saturated heterocycles. The Morgan fingerprint density at radius 2 is 2.03 bits per heavy atom. The Balaban J connectivity index is 1.91. The molecular weight excluding hydrogens is 371 g/mol. The number of aliphatic imine (C=N–C) groups is 1. The van der Waals surface area contributed by atoms with E-state index in [9.17, 15) is 4.39 Å². The minimum atomic E-state index is -0.225. The van der Waals surface area contributed by atoms with E-state index in [0.29, 0.717) is 42.4 Å². The monoisotopic (exact) mass is 398 g/mol. The Morgan fingerprint density at radius 3 is 2.72 bits per heavy atom. The lowest BCUT2D eigenvalue weighted by molar-refractivity contribution is 0.0337. The Kier molecular flexibility index (Phi) is 6.90. The molecule has 4 N–H and O–H groups in total. The van der Waals surface area contributed by atoms with Crippen molar-refractivity contribution in [2.75, 3.05) is 32.0 Å². The van der Waals surface area contributed by atoms with E-state index < -0.39 is 0 Å². The number of ether oxygens (including phenoxy) is 1. The van der Waals surface area contributed by atoms with Gasteiger partial charge in [-0.2, -0.15) is 5.10 Å². The largest absolute Gasteiger partial charge is 0.383 e. The third kappa shape index (κ3) is 5.36. The molecule has 0 aliphatic carbocycles. The minimum absolute atomic E-state index is 0.101. The first-order valence-electron chi connectivity index (χ1n) is 9.63. The van der Waals surface area contributed by atoms with Crippen LogP contribution in [0.2, 0.25) is 0 Å². The number of benzene rings is 1. The SMILES string of the molecule is CC(C)N=CC(=NN)c1cc(-c2ccc(F)c(CN3CCOCC3)c2)cnc1N. The molecule has 29 heavy (non-hydrogen) atoms. The summed E-state index contributed by atoms with van der Waals surface area (Å²) in [5.74, 6) is 5.63. The molecule has 154 valence electrons. The Morgan fingerprint density at radius 1 is 1.28 bits per heavy atom. The Labute approximate surface area is 170 Å². The van der Waals surface area contributed by atoms with E-state index in [1.807, 2.05) is 26.0 Å². The molecule has 1 aromatic heterocycles. The van der Waals surface area contributed by atoms with Gasteiger partial charge >= 0.3 is 0 Å². The van der Waals surface area contributed by atoms with Crippen molar-refractivity contribution >= 4 is 17.7 Å². The van der Waals surface area contributed by atoms with E-state index >= 15 is 0 Å². The van der Waals surface area contributed by atoms with Gasteiger partial charge in [-0.1, -0.05) is 6.07 Å². The molecule has 0 radical (unpaired) electrons. The van der Waals surface area contributed by atoms with Crippen molar-refractivity contribution in [3.8, 4) is 11.1 Å². The third-order valence-electron chi connectivity index (χ3n) is 4.71. The van der Waals surface area contributed by atoms with Gasteiger partial charge in [0.15, 0.2) is 0 Å². The zero-order chi connectivity index (χ0) is 20.8. The van der Waals surface area contributed by atoms with Crippen LogP contribution in [-0.4, -0.2) is 54.2 Å². The van der Waals surface area contributed by atoms with Gasteiger partial charge in [0.1, 0.15) is 17.3 Å². The van der Waals surface area contributed by atoms with Gasteiger partial charge in [0, 0.05) is 54.8 Å². The standard InChI is InChI=1S/C21H27FN6O/c1-14(2)25-12-20(27-24)18-10-16(11-26-21(18)23)15-3-4-19(22)17(9-15)13-28-5-7-29-8-6-28/h3-4,9-12,14H,5-8,13,24H2,1-2H3,(H2,23,26). The summed E-state index contributed by atoms with van der Waals surface area (Å²) in [6.45, 7) is 7.38. The molecule has 8 heteroatoms. The van der Waals surface area contributed by atoms with Crippen molar-refractivity contribution < 1.29 is 9.13 Å². The summed E-state index contributed by atoms with van der Waals surface area (Å²) < 4.78 is 19.8. The normalized spacial score (nSPS) is 16.1. The molecule has 0 spiro atoms. The average Bonchev–Trinajstić information content (AvgIpc) is 2.72. The summed E-state index contributed by atoms with van der Waals surface area (Å²) in [4.78, 5) is 10.8. The molecule has 0 amide bonds. The summed E-state index contributed by atoms with van der Waals surface area (Å²) in [5.41, 5.74) is 9.36. The first-order valence-corrected chi connectivity index (χ1v) is 9.63. The number of hydrazone groups is 1. The average molecular weight is 398 g/mol. The predicted molar refractivity (Wildman–Crippen MR) is 114 cm³/mol. The van der Waals surface area contributed by atoms with Crippen LogP contribution in [0.1, 0.15) is 25.0 Å². The number of hydrogen-bond donors (Lipinski definition) is 2. The fraction of sp³-hybridized carbons (Fsp3) is 0.381. The highest BCUT2D eigenvalue weighted by Gasteiger charge is 2.15. The molecule has 0 unspecified atom stereocenters. The number of anilines is 1. The maximum atomic E-state index is 14.4. The second kappa shape index (κ2) is 9.58. The van der Waals surface area contributed by atoms with E-state index in [4.69, 9.17) is 16.3 Å². The molecule has 1 fully saturated rings. The fourth-order valence-electron chi connectivity index (χ4n) is 3.11. The van der Waals surface area contributed by atoms with Crippen molar-refractivity contribution in [1.29, 1.82) is 0 Å². The number of hydrogen-bond acceptors (Lipinski definition) is 7. The number of pyridine rings is 1. The van der Waals surface area contributed by atoms with Gasteiger partial charge < -0.3 is 16.3 Å². The molecule has 0 saturated carbocycles. The van der Waals surface area contributed by atoms with Gasteiger partial charge in [-0.25, -0.2) is 9.37 Å². The second-order valence-electron chi connectivity index (χ2n) is 7.24. The maximum Gasteiger partial charge on any atom is 0.132 e. The van der Waals surface area contributed by atoms with Gasteiger partial charge in [-0.3, -0.25) is 9.89 Å². The summed E-state index contributed by atoms with van der Waals surface area (Å²) >= 11 is 0. The lowest BCUT2D eigenvalue weighted by atomic mass is 10.0. The summed E-state index contributed by atoms with van der Waals surface area (Å²) in [5, 5.41) is 3.80. The molecular formula is C21H27FN6O. The Bertz CT molecular complexity index is 906. The number of nitrogens with zero attached hydrogens (tertiary/aromatic N) is 4. The summed E-state index contributed by atoms with van der Waals surface area (Å²) in [7, 11) is 0. The van der Waals surface area contributed by atoms with Gasteiger partial charge in [0.05, 0.1) is 13.2 Å². The number of nitrogens with two attached hydrogens (primary N) is 2. The van der Waals surface area contributed by atoms with E-state index in [-0.39, 0.29) is 11.9 Å². The van der Waals surface area contributed by atoms with Crippen LogP contribution in [0.3, 0.4) is 0 Å². The highest BCUT2D eigenvalue weighted by molar-refractivity contribution is 6.39. The molecule has 1 aromatic carbocycles. The summed E-state index contributed by atoms with van der Waals surface area (Å²) in [6, 6.07) is 7.02. The van der Waals surface area contributed by atoms with Crippen molar-refractivity contribution in [1.82, 2.24) is 9.88 Å². The van der Waals surface area contributed by atoms with E-state index in [0.717, 1.165) is 24.2 Å². The van der Waals surface area contributed by atoms with E-state index in [2.05, 4.69) is 20.0 Å². The number of rotatable bonds is 6. The zero-order valence-electron chi connectivity index (χ0n) is 16.8. The maximum absolute atomic E-state index is 14.4. The molecule has 1 aliphatic rings. The molecule has 0 bridgehead atoms.